The van der Waals surface area contributed by atoms with Crippen molar-refractivity contribution in [3.05, 3.63) is 36.3 Å². The summed E-state index contributed by atoms with van der Waals surface area (Å²) in [5, 5.41) is 0. The van der Waals surface area contributed by atoms with Crippen LogP contribution in [0.15, 0.2) is 36.3 Å². The highest BCUT2D eigenvalue weighted by atomic mass is 16.6. The van der Waals surface area contributed by atoms with Crippen LogP contribution in [0, 0.1) is 5.92 Å². The summed E-state index contributed by atoms with van der Waals surface area (Å²) in [6, 6.07) is 0. The first-order valence-electron chi connectivity index (χ1n) is 10.3. The molecule has 0 radical (unpaired) electrons. The van der Waals surface area contributed by atoms with E-state index in [0.29, 0.717) is 12.3 Å². The maximum Gasteiger partial charge on any atom is 0.378 e. The number of allylic oxidation sites excluding steroid dienone is 1. The van der Waals surface area contributed by atoms with E-state index in [9.17, 15) is 14.4 Å². The maximum absolute atomic E-state index is 12.8. The second-order valence-electron chi connectivity index (χ2n) is 7.15. The fraction of sp³-hybridized carbons (Fsp3) is 0.609. The number of unbranched alkanes of at least 4 members (excludes halogenated alkanes) is 1. The molecule has 6 heteroatoms. The van der Waals surface area contributed by atoms with E-state index >= 15 is 0 Å². The minimum Gasteiger partial charge on any atom is -0.456 e. The molecule has 0 N–H and O–H groups in total. The number of rotatable bonds is 14. The van der Waals surface area contributed by atoms with Gasteiger partial charge in [-0.15, -0.1) is 0 Å². The van der Waals surface area contributed by atoms with Crippen molar-refractivity contribution in [2.75, 3.05) is 0 Å². The highest BCUT2D eigenvalue weighted by Gasteiger charge is 2.27. The minimum absolute atomic E-state index is 0.105. The summed E-state index contributed by atoms with van der Waals surface area (Å²) in [4.78, 5) is 36.2. The molecule has 0 aliphatic heterocycles. The molecule has 0 aliphatic rings. The Kier molecular flexibility index (Phi) is 13.4. The Bertz CT molecular complexity index is 617. The van der Waals surface area contributed by atoms with Crippen LogP contribution < -0.4 is 0 Å². The van der Waals surface area contributed by atoms with Crippen LogP contribution in [0.4, 0.5) is 0 Å². The van der Waals surface area contributed by atoms with E-state index in [2.05, 4.69) is 27.0 Å². The Morgan fingerprint density at radius 1 is 0.966 bits per heavy atom. The van der Waals surface area contributed by atoms with Gasteiger partial charge in [-0.2, -0.15) is 0 Å². The number of esters is 3. The van der Waals surface area contributed by atoms with Gasteiger partial charge in [0.15, 0.2) is 5.76 Å². The lowest BCUT2D eigenvalue weighted by Gasteiger charge is -2.23. The molecule has 0 aromatic rings. The zero-order valence-corrected chi connectivity index (χ0v) is 18.5. The van der Waals surface area contributed by atoms with Crippen molar-refractivity contribution >= 4 is 17.9 Å². The largest absolute Gasteiger partial charge is 0.456 e. The Balaban J connectivity index is 5.51. The maximum atomic E-state index is 12.8. The Morgan fingerprint density at radius 3 is 2.10 bits per heavy atom. The van der Waals surface area contributed by atoms with Gasteiger partial charge in [0.25, 0.3) is 5.76 Å². The minimum atomic E-state index is -0.835. The molecule has 164 valence electrons. The standard InChI is InChI=1S/C23H36O6/c1-8-12-14-18(10-3)15-19(13-9-2)28-23(26)21(29-22(25)16(5)6)17(7)27-20(24)11-4/h11,18-19H,4-5,8-10,12-15H2,1-3,6-7H3/b21-17-. The van der Waals surface area contributed by atoms with Gasteiger partial charge in [-0.1, -0.05) is 66.0 Å². The van der Waals surface area contributed by atoms with Crippen molar-refractivity contribution in [2.24, 2.45) is 5.92 Å². The molecule has 0 aromatic carbocycles. The third-order valence-corrected chi connectivity index (χ3v) is 4.49. The van der Waals surface area contributed by atoms with E-state index in [0.717, 1.165) is 44.6 Å². The van der Waals surface area contributed by atoms with Crippen molar-refractivity contribution in [1.82, 2.24) is 0 Å². The lowest BCUT2D eigenvalue weighted by molar-refractivity contribution is -0.155. The van der Waals surface area contributed by atoms with Gasteiger partial charge in [-0.25, -0.2) is 14.4 Å². The lowest BCUT2D eigenvalue weighted by Crippen LogP contribution is -2.25. The van der Waals surface area contributed by atoms with Gasteiger partial charge < -0.3 is 14.2 Å². The van der Waals surface area contributed by atoms with Gasteiger partial charge in [-0.05, 0) is 32.6 Å². The molecule has 0 heterocycles. The molecular formula is C23H36O6. The van der Waals surface area contributed by atoms with Crippen molar-refractivity contribution in [3.63, 3.8) is 0 Å². The van der Waals surface area contributed by atoms with Crippen molar-refractivity contribution in [1.29, 1.82) is 0 Å². The molecule has 0 amide bonds. The molecular weight excluding hydrogens is 372 g/mol. The van der Waals surface area contributed by atoms with Crippen molar-refractivity contribution < 1.29 is 28.6 Å². The summed E-state index contributed by atoms with van der Waals surface area (Å²) in [6.07, 6.45) is 7.25. The van der Waals surface area contributed by atoms with E-state index in [1.807, 2.05) is 6.92 Å². The van der Waals surface area contributed by atoms with E-state index in [-0.39, 0.29) is 17.4 Å². The van der Waals surface area contributed by atoms with Crippen molar-refractivity contribution in [2.45, 2.75) is 85.7 Å². The van der Waals surface area contributed by atoms with Crippen LogP contribution in [0.25, 0.3) is 0 Å². The molecule has 29 heavy (non-hydrogen) atoms. The summed E-state index contributed by atoms with van der Waals surface area (Å²) in [5.74, 6) is -2.57. The van der Waals surface area contributed by atoms with Gasteiger partial charge in [-0.3, -0.25) is 0 Å². The fourth-order valence-electron chi connectivity index (χ4n) is 2.78. The van der Waals surface area contributed by atoms with Crippen molar-refractivity contribution in [3.8, 4) is 0 Å². The molecule has 0 aliphatic carbocycles. The van der Waals surface area contributed by atoms with Gasteiger partial charge in [0, 0.05) is 11.6 Å². The first-order chi connectivity index (χ1) is 13.7. The first kappa shape index (κ1) is 26.6. The Labute approximate surface area is 175 Å². The molecule has 0 fully saturated rings. The molecule has 0 aromatic heterocycles. The number of ether oxygens (including phenoxy) is 3. The molecule has 0 bridgehead atoms. The molecule has 0 spiro atoms. The molecule has 2 unspecified atom stereocenters. The molecule has 2 atom stereocenters. The zero-order chi connectivity index (χ0) is 22.4. The van der Waals surface area contributed by atoms with Gasteiger partial charge in [0.1, 0.15) is 6.10 Å². The summed E-state index contributed by atoms with van der Waals surface area (Å²) < 4.78 is 15.7. The van der Waals surface area contributed by atoms with Crippen LogP contribution in [-0.2, 0) is 28.6 Å². The summed E-state index contributed by atoms with van der Waals surface area (Å²) in [5.41, 5.74) is 0.105. The van der Waals surface area contributed by atoms with Crippen LogP contribution in [0.2, 0.25) is 0 Å². The third-order valence-electron chi connectivity index (χ3n) is 4.49. The molecule has 0 saturated heterocycles. The summed E-state index contributed by atoms with van der Waals surface area (Å²) in [7, 11) is 0. The average molecular weight is 409 g/mol. The topological polar surface area (TPSA) is 78.9 Å². The van der Waals surface area contributed by atoms with Crippen LogP contribution in [-0.4, -0.2) is 24.0 Å². The summed E-state index contributed by atoms with van der Waals surface area (Å²) >= 11 is 0. The van der Waals surface area contributed by atoms with Crippen LogP contribution in [0.1, 0.15) is 79.6 Å². The Hall–Kier alpha value is -2.37. The van der Waals surface area contributed by atoms with E-state index in [1.165, 1.54) is 13.8 Å². The lowest BCUT2D eigenvalue weighted by atomic mass is 9.91. The van der Waals surface area contributed by atoms with Gasteiger partial charge >= 0.3 is 17.9 Å². The second kappa shape index (κ2) is 14.6. The summed E-state index contributed by atoms with van der Waals surface area (Å²) in [6.45, 7) is 15.9. The fourth-order valence-corrected chi connectivity index (χ4v) is 2.78. The highest BCUT2D eigenvalue weighted by molar-refractivity contribution is 5.95. The zero-order valence-electron chi connectivity index (χ0n) is 18.5. The highest BCUT2D eigenvalue weighted by Crippen LogP contribution is 2.24. The number of carbonyl (C=O) groups is 3. The SMILES string of the molecule is C=CC(=O)O/C(C)=C(\OC(=O)C(=C)C)C(=O)OC(CCC)CC(CC)CCCC. The number of hydrogen-bond donors (Lipinski definition) is 0. The van der Waals surface area contributed by atoms with E-state index in [1.54, 1.807) is 0 Å². The normalized spacial score (nSPS) is 13.6. The van der Waals surface area contributed by atoms with Gasteiger partial charge in [0.05, 0.1) is 0 Å². The smallest absolute Gasteiger partial charge is 0.378 e. The predicted molar refractivity (Wildman–Crippen MR) is 113 cm³/mol. The van der Waals surface area contributed by atoms with E-state index < -0.39 is 23.7 Å². The molecule has 0 saturated carbocycles. The van der Waals surface area contributed by atoms with Gasteiger partial charge in [0.2, 0.25) is 0 Å². The van der Waals surface area contributed by atoms with Crippen LogP contribution in [0.5, 0.6) is 0 Å². The molecule has 6 nitrogen and oxygen atoms in total. The quantitative estimate of drug-likeness (QED) is 0.166. The molecule has 0 rings (SSSR count). The Morgan fingerprint density at radius 2 is 1.62 bits per heavy atom. The van der Waals surface area contributed by atoms with E-state index in [4.69, 9.17) is 14.2 Å². The van der Waals surface area contributed by atoms with Crippen LogP contribution in [0.3, 0.4) is 0 Å². The monoisotopic (exact) mass is 408 g/mol. The average Bonchev–Trinajstić information content (AvgIpc) is 2.68. The predicted octanol–water partition coefficient (Wildman–Crippen LogP) is 5.38. The number of carbonyl (C=O) groups excluding carboxylic acids is 3. The number of hydrogen-bond acceptors (Lipinski definition) is 6. The third kappa shape index (κ3) is 10.7. The van der Waals surface area contributed by atoms with Crippen LogP contribution >= 0.6 is 0 Å². The first-order valence-corrected chi connectivity index (χ1v) is 10.3. The second-order valence-corrected chi connectivity index (χ2v) is 7.15.